The summed E-state index contributed by atoms with van der Waals surface area (Å²) in [5, 5.41) is 9.22. The molecule has 0 bridgehead atoms. The van der Waals surface area contributed by atoms with E-state index >= 15 is 0 Å². The van der Waals surface area contributed by atoms with Crippen molar-refractivity contribution in [2.24, 2.45) is 0 Å². The van der Waals surface area contributed by atoms with Crippen molar-refractivity contribution in [3.05, 3.63) is 140 Å². The quantitative estimate of drug-likeness (QED) is 0.208. The molecule has 206 valence electrons. The first-order valence-corrected chi connectivity index (χ1v) is 15.6. The SMILES string of the molecule is c1ccc2c(c1)ccc1c3cccc(N(c4ccc5c(c4)oc4ccccc45)c4cccc5sc6ccccc6c45)c3oc21. The standard InChI is InChI=1S/C40H23NO2S/c1-2-10-26-24(9-1)19-21-30-29-13-7-15-33(40(29)43-39(26)30)41(25-20-22-28-27-11-3-5-16-34(27)42-35(28)23-25)32-14-8-18-37-38(32)31-12-4-6-17-36(31)44-37/h1-23H. The maximum atomic E-state index is 6.87. The van der Waals surface area contributed by atoms with Crippen LogP contribution >= 0.6 is 11.3 Å². The van der Waals surface area contributed by atoms with Crippen LogP contribution in [0.3, 0.4) is 0 Å². The Hall–Kier alpha value is -5.58. The Labute approximate surface area is 255 Å². The fourth-order valence-electron chi connectivity index (χ4n) is 6.89. The molecule has 3 heterocycles. The first kappa shape index (κ1) is 23.9. The zero-order valence-corrected chi connectivity index (χ0v) is 24.3. The molecule has 0 amide bonds. The van der Waals surface area contributed by atoms with Crippen LogP contribution in [0.1, 0.15) is 0 Å². The first-order chi connectivity index (χ1) is 21.8. The third-order valence-electron chi connectivity index (χ3n) is 8.85. The molecule has 0 atom stereocenters. The third kappa shape index (κ3) is 3.31. The first-order valence-electron chi connectivity index (χ1n) is 14.8. The van der Waals surface area contributed by atoms with E-state index in [0.717, 1.165) is 66.3 Å². The fraction of sp³-hybridized carbons (Fsp3) is 0. The number of benzene rings is 7. The number of para-hydroxylation sites is 2. The summed E-state index contributed by atoms with van der Waals surface area (Å²) in [5.41, 5.74) is 6.63. The molecule has 10 aromatic rings. The monoisotopic (exact) mass is 581 g/mol. The Bertz CT molecular complexity index is 2750. The van der Waals surface area contributed by atoms with E-state index in [2.05, 4.69) is 132 Å². The zero-order valence-electron chi connectivity index (χ0n) is 23.5. The van der Waals surface area contributed by atoms with Crippen molar-refractivity contribution in [3.63, 3.8) is 0 Å². The number of anilines is 3. The Kier molecular flexibility index (Phi) is 4.87. The molecule has 0 spiro atoms. The van der Waals surface area contributed by atoms with Gasteiger partial charge >= 0.3 is 0 Å². The van der Waals surface area contributed by atoms with Gasteiger partial charge in [0.1, 0.15) is 16.7 Å². The molecule has 0 fully saturated rings. The van der Waals surface area contributed by atoms with Crippen LogP contribution in [0, 0.1) is 0 Å². The van der Waals surface area contributed by atoms with Gasteiger partial charge in [0.2, 0.25) is 0 Å². The van der Waals surface area contributed by atoms with Crippen LogP contribution in [-0.2, 0) is 0 Å². The van der Waals surface area contributed by atoms with E-state index in [1.807, 2.05) is 23.5 Å². The molecule has 0 N–H and O–H groups in total. The third-order valence-corrected chi connectivity index (χ3v) is 9.99. The van der Waals surface area contributed by atoms with Crippen molar-refractivity contribution in [1.29, 1.82) is 0 Å². The molecule has 0 saturated heterocycles. The predicted molar refractivity (Wildman–Crippen MR) is 186 cm³/mol. The summed E-state index contributed by atoms with van der Waals surface area (Å²) < 4.78 is 15.8. The van der Waals surface area contributed by atoms with E-state index in [1.165, 1.54) is 25.6 Å². The minimum absolute atomic E-state index is 0.860. The minimum Gasteiger partial charge on any atom is -0.456 e. The highest BCUT2D eigenvalue weighted by Crippen LogP contribution is 2.48. The van der Waals surface area contributed by atoms with E-state index in [4.69, 9.17) is 8.83 Å². The zero-order chi connectivity index (χ0) is 28.8. The van der Waals surface area contributed by atoms with Crippen LogP contribution in [0.15, 0.2) is 148 Å². The van der Waals surface area contributed by atoms with Crippen molar-refractivity contribution < 1.29 is 8.83 Å². The number of fused-ring (bicyclic) bond motifs is 11. The van der Waals surface area contributed by atoms with E-state index in [9.17, 15) is 0 Å². The van der Waals surface area contributed by atoms with Crippen LogP contribution in [0.4, 0.5) is 17.1 Å². The molecule has 0 unspecified atom stereocenters. The molecule has 3 nitrogen and oxygen atoms in total. The number of hydrogen-bond donors (Lipinski definition) is 0. The Morgan fingerprint density at radius 3 is 2.07 bits per heavy atom. The maximum absolute atomic E-state index is 6.87. The highest BCUT2D eigenvalue weighted by atomic mass is 32.1. The van der Waals surface area contributed by atoms with Crippen molar-refractivity contribution in [3.8, 4) is 0 Å². The molecular formula is C40H23NO2S. The van der Waals surface area contributed by atoms with E-state index in [0.29, 0.717) is 0 Å². The van der Waals surface area contributed by atoms with Crippen molar-refractivity contribution >= 4 is 103 Å². The van der Waals surface area contributed by atoms with E-state index in [-0.39, 0.29) is 0 Å². The van der Waals surface area contributed by atoms with E-state index < -0.39 is 0 Å². The summed E-state index contributed by atoms with van der Waals surface area (Å²) >= 11 is 1.83. The molecule has 0 aliphatic carbocycles. The lowest BCUT2D eigenvalue weighted by Crippen LogP contribution is -2.10. The van der Waals surface area contributed by atoms with Crippen LogP contribution in [-0.4, -0.2) is 0 Å². The maximum Gasteiger partial charge on any atom is 0.159 e. The van der Waals surface area contributed by atoms with Gasteiger partial charge in [-0.15, -0.1) is 11.3 Å². The van der Waals surface area contributed by atoms with Crippen LogP contribution in [0.2, 0.25) is 0 Å². The molecule has 0 saturated carbocycles. The number of nitrogens with zero attached hydrogens (tertiary/aromatic N) is 1. The van der Waals surface area contributed by atoms with Gasteiger partial charge < -0.3 is 13.7 Å². The molecule has 0 aliphatic rings. The Morgan fingerprint density at radius 2 is 1.11 bits per heavy atom. The van der Waals surface area contributed by atoms with Crippen molar-refractivity contribution in [2.75, 3.05) is 4.90 Å². The van der Waals surface area contributed by atoms with Gasteiger partial charge in [-0.3, -0.25) is 0 Å². The topological polar surface area (TPSA) is 29.5 Å². The molecule has 10 rings (SSSR count). The average Bonchev–Trinajstić information content (AvgIpc) is 3.76. The normalized spacial score (nSPS) is 12.1. The van der Waals surface area contributed by atoms with Gasteiger partial charge in [-0.2, -0.15) is 0 Å². The van der Waals surface area contributed by atoms with Crippen LogP contribution < -0.4 is 4.90 Å². The summed E-state index contributed by atoms with van der Waals surface area (Å²) in [6.07, 6.45) is 0. The predicted octanol–water partition coefficient (Wildman–Crippen LogP) is 12.5. The summed E-state index contributed by atoms with van der Waals surface area (Å²) in [6, 6.07) is 49.3. The second kappa shape index (κ2) is 8.96. The second-order valence-electron chi connectivity index (χ2n) is 11.3. The summed E-state index contributed by atoms with van der Waals surface area (Å²) in [4.78, 5) is 2.35. The molecule has 4 heteroatoms. The molecule has 0 radical (unpaired) electrons. The minimum atomic E-state index is 0.860. The van der Waals surface area contributed by atoms with Crippen molar-refractivity contribution in [1.82, 2.24) is 0 Å². The largest absolute Gasteiger partial charge is 0.456 e. The molecular weight excluding hydrogens is 559 g/mol. The Morgan fingerprint density at radius 1 is 0.432 bits per heavy atom. The smallest absolute Gasteiger partial charge is 0.159 e. The van der Waals surface area contributed by atoms with Gasteiger partial charge in [-0.05, 0) is 53.9 Å². The van der Waals surface area contributed by atoms with Crippen LogP contribution in [0.5, 0.6) is 0 Å². The Balaban J connectivity index is 1.32. The number of furan rings is 2. The van der Waals surface area contributed by atoms with Gasteiger partial charge in [0.15, 0.2) is 5.58 Å². The lowest BCUT2D eigenvalue weighted by Gasteiger charge is -2.26. The summed E-state index contributed by atoms with van der Waals surface area (Å²) in [6.45, 7) is 0. The second-order valence-corrected chi connectivity index (χ2v) is 12.4. The van der Waals surface area contributed by atoms with Gasteiger partial charge in [-0.1, -0.05) is 84.9 Å². The van der Waals surface area contributed by atoms with Gasteiger partial charge in [-0.25, -0.2) is 0 Å². The van der Waals surface area contributed by atoms with Gasteiger partial charge in [0.25, 0.3) is 0 Å². The fourth-order valence-corrected chi connectivity index (χ4v) is 8.02. The van der Waals surface area contributed by atoms with Crippen molar-refractivity contribution in [2.45, 2.75) is 0 Å². The highest BCUT2D eigenvalue weighted by Gasteiger charge is 2.23. The van der Waals surface area contributed by atoms with E-state index in [1.54, 1.807) is 0 Å². The summed E-state index contributed by atoms with van der Waals surface area (Å²) in [5.74, 6) is 0. The number of thiophene rings is 1. The van der Waals surface area contributed by atoms with Gasteiger partial charge in [0.05, 0.1) is 17.1 Å². The number of rotatable bonds is 3. The highest BCUT2D eigenvalue weighted by molar-refractivity contribution is 7.26. The average molecular weight is 582 g/mol. The molecule has 0 aliphatic heterocycles. The molecule has 3 aromatic heterocycles. The molecule has 7 aromatic carbocycles. The lowest BCUT2D eigenvalue weighted by atomic mass is 10.0. The molecule has 44 heavy (non-hydrogen) atoms. The van der Waals surface area contributed by atoms with Gasteiger partial charge in [0, 0.05) is 53.2 Å². The number of hydrogen-bond acceptors (Lipinski definition) is 4. The summed E-state index contributed by atoms with van der Waals surface area (Å²) in [7, 11) is 0. The lowest BCUT2D eigenvalue weighted by molar-refractivity contribution is 0.668. The van der Waals surface area contributed by atoms with Crippen LogP contribution in [0.25, 0.3) is 74.8 Å².